The largest absolute Gasteiger partial charge is 0.490 e. The average Bonchev–Trinajstić information content (AvgIpc) is 3.34. The molecule has 154 valence electrons. The molecule has 9 heteroatoms. The number of fused-ring (bicyclic) bond motifs is 1. The van der Waals surface area contributed by atoms with Crippen molar-refractivity contribution in [1.29, 1.82) is 0 Å². The normalized spacial score (nSPS) is 24.3. The molecule has 3 aliphatic rings. The van der Waals surface area contributed by atoms with Crippen molar-refractivity contribution in [3.63, 3.8) is 0 Å². The molecule has 1 aliphatic carbocycles. The standard InChI is InChI=1S/C20H25N5O4/c21-20(23-13-4-6-15-17(10-13)27-9-1-8-26-15)22-11-14-5-7-16(28-14)19-24-18(25-29-19)12-2-3-12/h4,6,10,12,14,16H,1-3,5,7-9,11H2,(H3,21,22,23)/t14-,16+/m1/s1. The Bertz CT molecular complexity index is 895. The molecular weight excluding hydrogens is 374 g/mol. The molecule has 0 amide bonds. The summed E-state index contributed by atoms with van der Waals surface area (Å²) in [5.74, 6) is 3.67. The van der Waals surface area contributed by atoms with Crippen molar-refractivity contribution in [2.45, 2.75) is 50.2 Å². The van der Waals surface area contributed by atoms with E-state index in [1.165, 1.54) is 0 Å². The summed E-state index contributed by atoms with van der Waals surface area (Å²) >= 11 is 0. The number of nitrogens with one attached hydrogen (secondary N) is 1. The van der Waals surface area contributed by atoms with E-state index in [1.54, 1.807) is 0 Å². The maximum atomic E-state index is 6.05. The Balaban J connectivity index is 1.15. The van der Waals surface area contributed by atoms with E-state index in [0.717, 1.165) is 49.4 Å². The van der Waals surface area contributed by atoms with Gasteiger partial charge < -0.3 is 29.8 Å². The van der Waals surface area contributed by atoms with E-state index in [2.05, 4.69) is 20.4 Å². The minimum absolute atomic E-state index is 0.0135. The molecule has 0 spiro atoms. The molecule has 1 saturated heterocycles. The fraction of sp³-hybridized carbons (Fsp3) is 0.550. The number of nitrogens with two attached hydrogens (primary N) is 1. The number of ether oxygens (including phenoxy) is 3. The minimum atomic E-state index is -0.147. The van der Waals surface area contributed by atoms with Gasteiger partial charge in [0.1, 0.15) is 6.10 Å². The van der Waals surface area contributed by atoms with Gasteiger partial charge in [-0.25, -0.2) is 0 Å². The van der Waals surface area contributed by atoms with E-state index in [4.69, 9.17) is 24.5 Å². The first-order valence-electron chi connectivity index (χ1n) is 10.2. The van der Waals surface area contributed by atoms with Crippen LogP contribution in [0, 0.1) is 0 Å². The summed E-state index contributed by atoms with van der Waals surface area (Å²) in [5.41, 5.74) is 6.86. The van der Waals surface area contributed by atoms with E-state index in [-0.39, 0.29) is 12.2 Å². The Hall–Kier alpha value is -2.81. The van der Waals surface area contributed by atoms with Gasteiger partial charge in [-0.05, 0) is 37.8 Å². The summed E-state index contributed by atoms with van der Waals surface area (Å²) in [6.07, 6.45) is 4.74. The van der Waals surface area contributed by atoms with Gasteiger partial charge >= 0.3 is 0 Å². The smallest absolute Gasteiger partial charge is 0.255 e. The van der Waals surface area contributed by atoms with Gasteiger partial charge in [0.2, 0.25) is 0 Å². The van der Waals surface area contributed by atoms with Crippen LogP contribution in [0.1, 0.15) is 55.8 Å². The number of aromatic nitrogens is 2. The van der Waals surface area contributed by atoms with E-state index in [0.29, 0.717) is 43.3 Å². The molecule has 0 bridgehead atoms. The molecule has 2 aromatic rings. The monoisotopic (exact) mass is 399 g/mol. The minimum Gasteiger partial charge on any atom is -0.490 e. The molecule has 1 aromatic heterocycles. The summed E-state index contributed by atoms with van der Waals surface area (Å²) < 4.78 is 22.7. The van der Waals surface area contributed by atoms with Crippen molar-refractivity contribution in [2.75, 3.05) is 25.1 Å². The Morgan fingerprint density at radius 3 is 2.86 bits per heavy atom. The van der Waals surface area contributed by atoms with Crippen molar-refractivity contribution >= 4 is 11.6 Å². The zero-order valence-corrected chi connectivity index (χ0v) is 16.2. The number of hydrogen-bond donors (Lipinski definition) is 2. The van der Waals surface area contributed by atoms with Crippen LogP contribution < -0.4 is 20.5 Å². The third-order valence-corrected chi connectivity index (χ3v) is 5.27. The Morgan fingerprint density at radius 2 is 2.00 bits per heavy atom. The Morgan fingerprint density at radius 1 is 1.14 bits per heavy atom. The van der Waals surface area contributed by atoms with Gasteiger partial charge in [-0.1, -0.05) is 5.16 Å². The van der Waals surface area contributed by atoms with Gasteiger partial charge in [-0.2, -0.15) is 4.98 Å². The summed E-state index contributed by atoms with van der Waals surface area (Å²) in [5, 5.41) is 7.16. The fourth-order valence-electron chi connectivity index (χ4n) is 3.54. The first-order chi connectivity index (χ1) is 14.2. The summed E-state index contributed by atoms with van der Waals surface area (Å²) in [6, 6.07) is 5.64. The van der Waals surface area contributed by atoms with Crippen molar-refractivity contribution < 1.29 is 18.7 Å². The summed E-state index contributed by atoms with van der Waals surface area (Å²) in [6.45, 7) is 1.78. The molecule has 5 rings (SSSR count). The lowest BCUT2D eigenvalue weighted by molar-refractivity contribution is 0.0309. The van der Waals surface area contributed by atoms with Crippen molar-refractivity contribution in [3.8, 4) is 11.5 Å². The van der Waals surface area contributed by atoms with Crippen LogP contribution in [-0.2, 0) is 4.74 Å². The van der Waals surface area contributed by atoms with E-state index in [1.807, 2.05) is 18.2 Å². The van der Waals surface area contributed by atoms with Crippen molar-refractivity contribution in [2.24, 2.45) is 10.7 Å². The van der Waals surface area contributed by atoms with Crippen LogP contribution in [0.15, 0.2) is 27.7 Å². The van der Waals surface area contributed by atoms with Gasteiger partial charge in [-0.3, -0.25) is 4.99 Å². The molecule has 3 heterocycles. The molecule has 3 N–H and O–H groups in total. The van der Waals surface area contributed by atoms with Crippen LogP contribution in [0.5, 0.6) is 11.5 Å². The third kappa shape index (κ3) is 4.29. The third-order valence-electron chi connectivity index (χ3n) is 5.27. The highest BCUT2D eigenvalue weighted by atomic mass is 16.5. The van der Waals surface area contributed by atoms with Gasteiger partial charge in [-0.15, -0.1) is 0 Å². The zero-order valence-electron chi connectivity index (χ0n) is 16.2. The highest BCUT2D eigenvalue weighted by Crippen LogP contribution is 2.40. The van der Waals surface area contributed by atoms with Crippen LogP contribution in [-0.4, -0.2) is 42.0 Å². The van der Waals surface area contributed by atoms with Crippen LogP contribution in [0.25, 0.3) is 0 Å². The van der Waals surface area contributed by atoms with E-state index >= 15 is 0 Å². The molecule has 29 heavy (non-hydrogen) atoms. The van der Waals surface area contributed by atoms with Gasteiger partial charge in [0.15, 0.2) is 23.3 Å². The number of guanidine groups is 1. The number of aliphatic imine (C=N–C) groups is 1. The summed E-state index contributed by atoms with van der Waals surface area (Å²) in [4.78, 5) is 8.91. The highest BCUT2D eigenvalue weighted by molar-refractivity contribution is 5.92. The molecular formula is C20H25N5O4. The van der Waals surface area contributed by atoms with Crippen LogP contribution >= 0.6 is 0 Å². The molecule has 1 aromatic carbocycles. The quantitative estimate of drug-likeness (QED) is 0.582. The van der Waals surface area contributed by atoms with Crippen LogP contribution in [0.4, 0.5) is 5.69 Å². The van der Waals surface area contributed by atoms with Gasteiger partial charge in [0.25, 0.3) is 5.89 Å². The van der Waals surface area contributed by atoms with Crippen LogP contribution in [0.3, 0.4) is 0 Å². The number of hydrogen-bond acceptors (Lipinski definition) is 7. The lowest BCUT2D eigenvalue weighted by Crippen LogP contribution is -2.24. The first kappa shape index (κ1) is 18.2. The molecule has 0 radical (unpaired) electrons. The molecule has 2 aliphatic heterocycles. The summed E-state index contributed by atoms with van der Waals surface area (Å²) in [7, 11) is 0. The van der Waals surface area contributed by atoms with E-state index in [9.17, 15) is 0 Å². The number of rotatable bonds is 5. The predicted octanol–water partition coefficient (Wildman–Crippen LogP) is 2.76. The Labute approximate surface area is 168 Å². The van der Waals surface area contributed by atoms with Gasteiger partial charge in [0, 0.05) is 24.1 Å². The molecule has 2 fully saturated rings. The lowest BCUT2D eigenvalue weighted by Gasteiger charge is -2.12. The van der Waals surface area contributed by atoms with Crippen molar-refractivity contribution in [3.05, 3.63) is 29.9 Å². The number of nitrogens with zero attached hydrogens (tertiary/aromatic N) is 3. The lowest BCUT2D eigenvalue weighted by atomic mass is 10.2. The zero-order chi connectivity index (χ0) is 19.6. The SMILES string of the molecule is NC(=NC[C@H]1CC[C@@H](c2nc(C3CC3)no2)O1)Nc1ccc2c(c1)OCCCO2. The second-order valence-corrected chi connectivity index (χ2v) is 7.65. The number of anilines is 1. The van der Waals surface area contributed by atoms with Crippen molar-refractivity contribution in [1.82, 2.24) is 10.1 Å². The van der Waals surface area contributed by atoms with Gasteiger partial charge in [0.05, 0.1) is 25.9 Å². The average molecular weight is 399 g/mol. The predicted molar refractivity (Wildman–Crippen MR) is 105 cm³/mol. The molecule has 1 saturated carbocycles. The maximum absolute atomic E-state index is 6.05. The second kappa shape index (κ2) is 7.90. The fourth-order valence-corrected chi connectivity index (χ4v) is 3.54. The molecule has 9 nitrogen and oxygen atoms in total. The molecule has 2 atom stereocenters. The number of benzene rings is 1. The maximum Gasteiger partial charge on any atom is 0.255 e. The second-order valence-electron chi connectivity index (χ2n) is 7.65. The Kier molecular flexibility index (Phi) is 4.97. The topological polar surface area (TPSA) is 117 Å². The highest BCUT2D eigenvalue weighted by Gasteiger charge is 2.34. The molecule has 0 unspecified atom stereocenters. The van der Waals surface area contributed by atoms with E-state index < -0.39 is 0 Å². The van der Waals surface area contributed by atoms with Crippen LogP contribution in [0.2, 0.25) is 0 Å². The first-order valence-corrected chi connectivity index (χ1v) is 10.2.